The molecule has 0 N–H and O–H groups in total. The van der Waals surface area contributed by atoms with Crippen LogP contribution in [0, 0.1) is 12.3 Å². The number of Topliss-reactive ketones (excluding diaryl/α,β-unsaturated/α-hetero) is 1. The lowest BCUT2D eigenvalue weighted by atomic mass is 9.83. The Hall–Kier alpha value is -1.18. The zero-order chi connectivity index (χ0) is 9.76. The Morgan fingerprint density at radius 3 is 2.79 bits per heavy atom. The van der Waals surface area contributed by atoms with Crippen molar-refractivity contribution in [3.8, 4) is 0 Å². The molecule has 0 radical (unpaired) electrons. The van der Waals surface area contributed by atoms with Crippen molar-refractivity contribution in [1.29, 1.82) is 0 Å². The number of carbonyl (C=O) groups excluding carboxylic acids is 1. The highest BCUT2D eigenvalue weighted by molar-refractivity contribution is 6.02. The predicted octanol–water partition coefficient (Wildman–Crippen LogP) is 2.30. The number of carbonyl (C=O) groups is 1. The highest BCUT2D eigenvalue weighted by Gasteiger charge is 2.52. The Bertz CT molecular complexity index is 418. The van der Waals surface area contributed by atoms with E-state index in [0.29, 0.717) is 5.78 Å². The minimum absolute atomic E-state index is 0.0216. The lowest BCUT2D eigenvalue weighted by Gasteiger charge is -2.21. The number of aryl methyl sites for hydroxylation is 2. The second-order valence-electron chi connectivity index (χ2n) is 4.57. The average Bonchev–Trinajstić information content (AvgIpc) is 2.94. The van der Waals surface area contributed by atoms with Gasteiger partial charge in [0.15, 0.2) is 5.78 Å². The van der Waals surface area contributed by atoms with Crippen LogP contribution in [0.15, 0.2) is 12.1 Å². The van der Waals surface area contributed by atoms with Crippen molar-refractivity contribution in [3.05, 3.63) is 29.1 Å². The zero-order valence-electron chi connectivity index (χ0n) is 8.34. The molecule has 0 bridgehead atoms. The van der Waals surface area contributed by atoms with E-state index in [1.54, 1.807) is 0 Å². The first-order valence-electron chi connectivity index (χ1n) is 5.23. The molecule has 1 aromatic rings. The number of fused-ring (bicyclic) bond motifs is 1. The molecule has 72 valence electrons. The van der Waals surface area contributed by atoms with Crippen molar-refractivity contribution in [3.63, 3.8) is 0 Å². The fourth-order valence-corrected chi connectivity index (χ4v) is 2.35. The van der Waals surface area contributed by atoms with Gasteiger partial charge in [-0.3, -0.25) is 4.79 Å². The Morgan fingerprint density at radius 1 is 1.29 bits per heavy atom. The maximum atomic E-state index is 12.1. The first kappa shape index (κ1) is 8.16. The van der Waals surface area contributed by atoms with E-state index in [1.807, 2.05) is 13.0 Å². The fourth-order valence-electron chi connectivity index (χ4n) is 2.35. The van der Waals surface area contributed by atoms with Gasteiger partial charge in [-0.15, -0.1) is 0 Å². The van der Waals surface area contributed by atoms with Crippen LogP contribution < -0.4 is 0 Å². The van der Waals surface area contributed by atoms with E-state index in [-0.39, 0.29) is 5.41 Å². The van der Waals surface area contributed by atoms with E-state index in [2.05, 4.69) is 11.1 Å². The topological polar surface area (TPSA) is 30.0 Å². The van der Waals surface area contributed by atoms with Gasteiger partial charge < -0.3 is 0 Å². The Morgan fingerprint density at radius 2 is 2.07 bits per heavy atom. The molecule has 1 heterocycles. The lowest BCUT2D eigenvalue weighted by Crippen LogP contribution is -2.25. The van der Waals surface area contributed by atoms with Gasteiger partial charge in [0.05, 0.1) is 0 Å². The molecule has 1 aromatic heterocycles. The van der Waals surface area contributed by atoms with E-state index in [1.165, 1.54) is 0 Å². The van der Waals surface area contributed by atoms with Crippen LogP contribution in [0.2, 0.25) is 0 Å². The van der Waals surface area contributed by atoms with Gasteiger partial charge >= 0.3 is 0 Å². The molecule has 0 unspecified atom stereocenters. The Labute approximate surface area is 83.4 Å². The van der Waals surface area contributed by atoms with Crippen LogP contribution in [0.1, 0.15) is 41.0 Å². The molecular weight excluding hydrogens is 174 g/mol. The highest BCUT2D eigenvalue weighted by atomic mass is 16.1. The number of pyridine rings is 1. The van der Waals surface area contributed by atoms with Crippen molar-refractivity contribution >= 4 is 5.78 Å². The summed E-state index contributed by atoms with van der Waals surface area (Å²) in [5.74, 6) is 0.308. The summed E-state index contributed by atoms with van der Waals surface area (Å²) in [5.41, 5.74) is 2.88. The number of rotatable bonds is 0. The van der Waals surface area contributed by atoms with Crippen LogP contribution in [0.3, 0.4) is 0 Å². The second-order valence-corrected chi connectivity index (χ2v) is 4.57. The van der Waals surface area contributed by atoms with Gasteiger partial charge in [-0.05, 0) is 44.2 Å². The summed E-state index contributed by atoms with van der Waals surface area (Å²) >= 11 is 0. The molecular formula is C12H13NO. The van der Waals surface area contributed by atoms with Crippen molar-refractivity contribution in [1.82, 2.24) is 4.98 Å². The Balaban J connectivity index is 2.13. The summed E-state index contributed by atoms with van der Waals surface area (Å²) in [4.78, 5) is 16.5. The molecule has 1 spiro atoms. The molecule has 3 rings (SSSR count). The monoisotopic (exact) mass is 187 g/mol. The number of aromatic nitrogens is 1. The standard InChI is InChI=1S/C12H13NO/c1-8-2-3-9-4-5-12(6-7-12)11(14)10(9)13-8/h2-3H,4-7H2,1H3. The van der Waals surface area contributed by atoms with Crippen LogP contribution in [0.4, 0.5) is 0 Å². The molecule has 2 heteroatoms. The number of nitrogens with zero attached hydrogens (tertiary/aromatic N) is 1. The van der Waals surface area contributed by atoms with E-state index < -0.39 is 0 Å². The first-order chi connectivity index (χ1) is 6.71. The molecule has 0 aliphatic heterocycles. The predicted molar refractivity (Wildman–Crippen MR) is 53.3 cm³/mol. The number of hydrogen-bond donors (Lipinski definition) is 0. The van der Waals surface area contributed by atoms with Crippen molar-refractivity contribution in [2.75, 3.05) is 0 Å². The zero-order valence-corrected chi connectivity index (χ0v) is 8.34. The summed E-state index contributed by atoms with van der Waals surface area (Å²) in [7, 11) is 0. The van der Waals surface area contributed by atoms with Crippen LogP contribution in [0.5, 0.6) is 0 Å². The van der Waals surface area contributed by atoms with E-state index in [9.17, 15) is 4.79 Å². The third-order valence-electron chi connectivity index (χ3n) is 3.54. The van der Waals surface area contributed by atoms with Gasteiger partial charge in [0, 0.05) is 11.1 Å². The van der Waals surface area contributed by atoms with Gasteiger partial charge in [0.25, 0.3) is 0 Å². The molecule has 2 nitrogen and oxygen atoms in total. The van der Waals surface area contributed by atoms with Crippen LogP contribution >= 0.6 is 0 Å². The minimum atomic E-state index is 0.0216. The van der Waals surface area contributed by atoms with Crippen LogP contribution in [-0.2, 0) is 6.42 Å². The maximum absolute atomic E-state index is 12.1. The normalized spacial score (nSPS) is 22.2. The molecule has 0 aromatic carbocycles. The fraction of sp³-hybridized carbons (Fsp3) is 0.500. The van der Waals surface area contributed by atoms with Gasteiger partial charge in [-0.2, -0.15) is 0 Å². The Kier molecular flexibility index (Phi) is 1.42. The molecule has 14 heavy (non-hydrogen) atoms. The molecule has 2 aliphatic carbocycles. The second kappa shape index (κ2) is 2.44. The lowest BCUT2D eigenvalue weighted by molar-refractivity contribution is 0.0874. The van der Waals surface area contributed by atoms with E-state index in [4.69, 9.17) is 0 Å². The van der Waals surface area contributed by atoms with E-state index in [0.717, 1.165) is 42.6 Å². The molecule has 0 saturated heterocycles. The molecule has 1 saturated carbocycles. The summed E-state index contributed by atoms with van der Waals surface area (Å²) < 4.78 is 0. The summed E-state index contributed by atoms with van der Waals surface area (Å²) in [5, 5.41) is 0. The van der Waals surface area contributed by atoms with E-state index >= 15 is 0 Å². The number of hydrogen-bond acceptors (Lipinski definition) is 2. The molecule has 2 aliphatic rings. The van der Waals surface area contributed by atoms with Crippen LogP contribution in [-0.4, -0.2) is 10.8 Å². The van der Waals surface area contributed by atoms with Gasteiger partial charge in [0.1, 0.15) is 5.69 Å². The summed E-state index contributed by atoms with van der Waals surface area (Å²) in [6, 6.07) is 4.06. The third kappa shape index (κ3) is 0.969. The quantitative estimate of drug-likeness (QED) is 0.623. The summed E-state index contributed by atoms with van der Waals surface area (Å²) in [6.45, 7) is 1.95. The molecule has 0 atom stereocenters. The average molecular weight is 187 g/mol. The molecule has 1 fully saturated rings. The van der Waals surface area contributed by atoms with Crippen LogP contribution in [0.25, 0.3) is 0 Å². The minimum Gasteiger partial charge on any atom is -0.292 e. The SMILES string of the molecule is Cc1ccc2c(n1)C(=O)C1(CC2)CC1. The van der Waals surface area contributed by atoms with Gasteiger partial charge in [-0.25, -0.2) is 4.98 Å². The highest BCUT2D eigenvalue weighted by Crippen LogP contribution is 2.54. The van der Waals surface area contributed by atoms with Crippen molar-refractivity contribution in [2.45, 2.75) is 32.6 Å². The van der Waals surface area contributed by atoms with Gasteiger partial charge in [-0.1, -0.05) is 6.07 Å². The maximum Gasteiger partial charge on any atom is 0.187 e. The number of ketones is 1. The first-order valence-corrected chi connectivity index (χ1v) is 5.23. The van der Waals surface area contributed by atoms with Crippen molar-refractivity contribution < 1.29 is 4.79 Å². The van der Waals surface area contributed by atoms with Crippen molar-refractivity contribution in [2.24, 2.45) is 5.41 Å². The summed E-state index contributed by atoms with van der Waals surface area (Å²) in [6.07, 6.45) is 4.25. The largest absolute Gasteiger partial charge is 0.292 e. The van der Waals surface area contributed by atoms with Gasteiger partial charge in [0.2, 0.25) is 0 Å². The molecule has 0 amide bonds. The third-order valence-corrected chi connectivity index (χ3v) is 3.54. The smallest absolute Gasteiger partial charge is 0.187 e.